The molecule has 3 rings (SSSR count). The SMILES string of the molecule is COc1ccc(S(=O)(=O)N2CCOCC2)cc1CCC(=O)Nc1ccc(C)c(Cl)c1. The third-order valence-electron chi connectivity index (χ3n) is 4.94. The Balaban J connectivity index is 1.72. The Kier molecular flexibility index (Phi) is 7.36. The van der Waals surface area contributed by atoms with Gasteiger partial charge >= 0.3 is 0 Å². The molecule has 0 aromatic heterocycles. The molecule has 0 bridgehead atoms. The van der Waals surface area contributed by atoms with Gasteiger partial charge in [-0.1, -0.05) is 17.7 Å². The Labute approximate surface area is 182 Å². The van der Waals surface area contributed by atoms with E-state index in [9.17, 15) is 13.2 Å². The summed E-state index contributed by atoms with van der Waals surface area (Å²) in [5.74, 6) is 0.348. The van der Waals surface area contributed by atoms with E-state index < -0.39 is 10.0 Å². The van der Waals surface area contributed by atoms with E-state index in [2.05, 4.69) is 5.32 Å². The molecular weight excluding hydrogens is 428 g/mol. The summed E-state index contributed by atoms with van der Waals surface area (Å²) in [6, 6.07) is 10.1. The van der Waals surface area contributed by atoms with E-state index in [1.807, 2.05) is 13.0 Å². The fourth-order valence-corrected chi connectivity index (χ4v) is 4.83. The van der Waals surface area contributed by atoms with Gasteiger partial charge in [0.05, 0.1) is 25.2 Å². The van der Waals surface area contributed by atoms with Crippen LogP contribution in [0.5, 0.6) is 5.75 Å². The number of anilines is 1. The summed E-state index contributed by atoms with van der Waals surface area (Å²) in [5.41, 5.74) is 2.20. The molecule has 1 fully saturated rings. The Bertz CT molecular complexity index is 1020. The van der Waals surface area contributed by atoms with Crippen LogP contribution >= 0.6 is 11.6 Å². The summed E-state index contributed by atoms with van der Waals surface area (Å²) >= 11 is 6.10. The number of carbonyl (C=O) groups excluding carboxylic acids is 1. The van der Waals surface area contributed by atoms with Gasteiger partial charge in [0.25, 0.3) is 0 Å². The van der Waals surface area contributed by atoms with Crippen molar-refractivity contribution in [2.45, 2.75) is 24.7 Å². The molecule has 1 heterocycles. The van der Waals surface area contributed by atoms with Gasteiger partial charge in [0.1, 0.15) is 5.75 Å². The minimum atomic E-state index is -3.62. The van der Waals surface area contributed by atoms with Gasteiger partial charge < -0.3 is 14.8 Å². The smallest absolute Gasteiger partial charge is 0.243 e. The Morgan fingerprint density at radius 1 is 1.20 bits per heavy atom. The van der Waals surface area contributed by atoms with Crippen molar-refractivity contribution in [1.29, 1.82) is 0 Å². The Hall–Kier alpha value is -2.13. The first-order chi connectivity index (χ1) is 14.3. The zero-order valence-corrected chi connectivity index (χ0v) is 18.6. The second kappa shape index (κ2) is 9.78. The van der Waals surface area contributed by atoms with Gasteiger partial charge in [-0.05, 0) is 54.8 Å². The molecule has 0 atom stereocenters. The lowest BCUT2D eigenvalue weighted by Crippen LogP contribution is -2.40. The molecule has 1 N–H and O–H groups in total. The number of carbonyl (C=O) groups is 1. The molecule has 2 aromatic rings. The van der Waals surface area contributed by atoms with Gasteiger partial charge in [-0.2, -0.15) is 4.31 Å². The molecule has 1 aliphatic rings. The van der Waals surface area contributed by atoms with Crippen LogP contribution < -0.4 is 10.1 Å². The summed E-state index contributed by atoms with van der Waals surface area (Å²) in [6.45, 7) is 3.30. The molecule has 2 aromatic carbocycles. The van der Waals surface area contributed by atoms with Gasteiger partial charge in [0.2, 0.25) is 15.9 Å². The second-order valence-corrected chi connectivity index (χ2v) is 9.35. The molecule has 0 radical (unpaired) electrons. The molecule has 7 nitrogen and oxygen atoms in total. The molecule has 0 saturated carbocycles. The average molecular weight is 453 g/mol. The van der Waals surface area contributed by atoms with Crippen molar-refractivity contribution in [2.24, 2.45) is 0 Å². The number of nitrogens with zero attached hydrogens (tertiary/aromatic N) is 1. The molecule has 0 spiro atoms. The van der Waals surface area contributed by atoms with Crippen LogP contribution in [0, 0.1) is 6.92 Å². The van der Waals surface area contributed by atoms with Crippen molar-refractivity contribution in [3.05, 3.63) is 52.5 Å². The van der Waals surface area contributed by atoms with Gasteiger partial charge in [-0.3, -0.25) is 4.79 Å². The highest BCUT2D eigenvalue weighted by Crippen LogP contribution is 2.26. The van der Waals surface area contributed by atoms with Crippen LogP contribution in [0.4, 0.5) is 5.69 Å². The maximum atomic E-state index is 12.9. The molecule has 1 saturated heterocycles. The number of hydrogen-bond donors (Lipinski definition) is 1. The van der Waals surface area contributed by atoms with Crippen LogP contribution in [0.2, 0.25) is 5.02 Å². The zero-order chi connectivity index (χ0) is 21.7. The standard InChI is InChI=1S/C21H25ClN2O5S/c1-15-3-5-17(14-19(15)22)23-21(25)8-4-16-13-18(6-7-20(16)28-2)30(26,27)24-9-11-29-12-10-24/h3,5-7,13-14H,4,8-12H2,1-2H3,(H,23,25). The predicted molar refractivity (Wildman–Crippen MR) is 116 cm³/mol. The first kappa shape index (κ1) is 22.6. The van der Waals surface area contributed by atoms with E-state index in [-0.39, 0.29) is 17.2 Å². The number of methoxy groups -OCH3 is 1. The Morgan fingerprint density at radius 2 is 1.93 bits per heavy atom. The fourth-order valence-electron chi connectivity index (χ4n) is 3.19. The number of halogens is 1. The maximum Gasteiger partial charge on any atom is 0.243 e. The number of morpholine rings is 1. The van der Waals surface area contributed by atoms with Crippen molar-refractivity contribution in [1.82, 2.24) is 4.31 Å². The van der Waals surface area contributed by atoms with E-state index >= 15 is 0 Å². The quantitative estimate of drug-likeness (QED) is 0.697. The summed E-state index contributed by atoms with van der Waals surface area (Å²) in [4.78, 5) is 12.6. The highest BCUT2D eigenvalue weighted by Gasteiger charge is 2.27. The summed E-state index contributed by atoms with van der Waals surface area (Å²) in [5, 5.41) is 3.39. The number of hydrogen-bond acceptors (Lipinski definition) is 5. The number of amides is 1. The van der Waals surface area contributed by atoms with Gasteiger partial charge in [-0.15, -0.1) is 0 Å². The summed E-state index contributed by atoms with van der Waals surface area (Å²) < 4.78 is 37.8. The number of rotatable bonds is 7. The second-order valence-electron chi connectivity index (χ2n) is 7.00. The maximum absolute atomic E-state index is 12.9. The molecule has 0 unspecified atom stereocenters. The molecule has 1 aliphatic heterocycles. The minimum absolute atomic E-state index is 0.170. The predicted octanol–water partition coefficient (Wildman–Crippen LogP) is 3.25. The van der Waals surface area contributed by atoms with Crippen LogP contribution in [0.3, 0.4) is 0 Å². The molecule has 1 amide bonds. The lowest BCUT2D eigenvalue weighted by molar-refractivity contribution is -0.116. The number of aryl methyl sites for hydroxylation is 2. The first-order valence-electron chi connectivity index (χ1n) is 9.62. The molecule has 0 aliphatic carbocycles. The number of benzene rings is 2. The van der Waals surface area contributed by atoms with E-state index in [1.54, 1.807) is 24.3 Å². The lowest BCUT2D eigenvalue weighted by Gasteiger charge is -2.26. The topological polar surface area (TPSA) is 84.9 Å². The summed E-state index contributed by atoms with van der Waals surface area (Å²) in [6.07, 6.45) is 0.504. The van der Waals surface area contributed by atoms with Crippen LogP contribution in [-0.2, 0) is 26.0 Å². The number of nitrogens with one attached hydrogen (secondary N) is 1. The van der Waals surface area contributed by atoms with Gasteiger partial charge in [0, 0.05) is 30.2 Å². The highest BCUT2D eigenvalue weighted by molar-refractivity contribution is 7.89. The van der Waals surface area contributed by atoms with E-state index in [0.717, 1.165) is 5.56 Å². The lowest BCUT2D eigenvalue weighted by atomic mass is 10.1. The molecule has 30 heavy (non-hydrogen) atoms. The van der Waals surface area contributed by atoms with Crippen molar-refractivity contribution in [3.63, 3.8) is 0 Å². The average Bonchev–Trinajstić information content (AvgIpc) is 2.75. The van der Waals surface area contributed by atoms with Gasteiger partial charge in [0.15, 0.2) is 0 Å². The van der Waals surface area contributed by atoms with E-state index in [4.69, 9.17) is 21.1 Å². The van der Waals surface area contributed by atoms with Crippen LogP contribution in [-0.4, -0.2) is 52.0 Å². The van der Waals surface area contributed by atoms with Crippen molar-refractivity contribution in [3.8, 4) is 5.75 Å². The minimum Gasteiger partial charge on any atom is -0.496 e. The normalized spacial score (nSPS) is 15.0. The largest absolute Gasteiger partial charge is 0.496 e. The third-order valence-corrected chi connectivity index (χ3v) is 7.24. The van der Waals surface area contributed by atoms with E-state index in [0.29, 0.717) is 54.7 Å². The van der Waals surface area contributed by atoms with Crippen molar-refractivity contribution >= 4 is 33.2 Å². The van der Waals surface area contributed by atoms with Crippen LogP contribution in [0.1, 0.15) is 17.5 Å². The van der Waals surface area contributed by atoms with E-state index in [1.165, 1.54) is 17.5 Å². The first-order valence-corrected chi connectivity index (χ1v) is 11.4. The number of ether oxygens (including phenoxy) is 2. The van der Waals surface area contributed by atoms with Crippen LogP contribution in [0.25, 0.3) is 0 Å². The van der Waals surface area contributed by atoms with Crippen LogP contribution in [0.15, 0.2) is 41.3 Å². The molecule has 162 valence electrons. The molecule has 9 heteroatoms. The third kappa shape index (κ3) is 5.31. The zero-order valence-electron chi connectivity index (χ0n) is 17.0. The molecular formula is C21H25ClN2O5S. The van der Waals surface area contributed by atoms with Gasteiger partial charge in [-0.25, -0.2) is 8.42 Å². The monoisotopic (exact) mass is 452 g/mol. The number of sulfonamides is 1. The summed E-state index contributed by atoms with van der Waals surface area (Å²) in [7, 11) is -2.11. The van der Waals surface area contributed by atoms with Crippen molar-refractivity contribution < 1.29 is 22.7 Å². The fraction of sp³-hybridized carbons (Fsp3) is 0.381. The van der Waals surface area contributed by atoms with Crippen molar-refractivity contribution in [2.75, 3.05) is 38.7 Å². The Morgan fingerprint density at radius 3 is 2.60 bits per heavy atom. The highest BCUT2D eigenvalue weighted by atomic mass is 35.5.